The summed E-state index contributed by atoms with van der Waals surface area (Å²) in [6.07, 6.45) is 3.92. The fraction of sp³-hybridized carbons (Fsp3) is 0.778. The van der Waals surface area contributed by atoms with E-state index in [9.17, 15) is 9.59 Å². The zero-order valence-electron chi connectivity index (χ0n) is 15.7. The van der Waals surface area contributed by atoms with Gasteiger partial charge in [0.05, 0.1) is 0 Å². The Morgan fingerprint density at radius 1 is 0.750 bits per heavy atom. The van der Waals surface area contributed by atoms with Crippen molar-refractivity contribution in [3.05, 3.63) is 0 Å². The van der Waals surface area contributed by atoms with E-state index in [4.69, 9.17) is 19.6 Å². The number of rotatable bonds is 10. The van der Waals surface area contributed by atoms with Crippen LogP contribution in [-0.4, -0.2) is 23.1 Å². The predicted octanol–water partition coefficient (Wildman–Crippen LogP) is 3.88. The Morgan fingerprint density at radius 2 is 1.08 bits per heavy atom. The van der Waals surface area contributed by atoms with Gasteiger partial charge in [-0.25, -0.2) is 9.59 Å². The molecule has 0 heterocycles. The quantitative estimate of drug-likeness (QED) is 0.341. The molecule has 0 fully saturated rings. The monoisotopic (exact) mass is 342 g/mol. The van der Waals surface area contributed by atoms with Crippen LogP contribution in [0, 0.1) is 11.8 Å². The lowest BCUT2D eigenvalue weighted by Gasteiger charge is -2.19. The van der Waals surface area contributed by atoms with Gasteiger partial charge >= 0.3 is 11.9 Å². The Labute approximate surface area is 145 Å². The van der Waals surface area contributed by atoms with Gasteiger partial charge in [-0.3, -0.25) is 9.78 Å². The van der Waals surface area contributed by atoms with Gasteiger partial charge in [0, 0.05) is 12.8 Å². The lowest BCUT2D eigenvalue weighted by atomic mass is 10.1. The van der Waals surface area contributed by atoms with E-state index in [0.29, 0.717) is 12.8 Å². The molecule has 0 saturated carbocycles. The van der Waals surface area contributed by atoms with Gasteiger partial charge in [-0.15, -0.1) is 0 Å². The van der Waals surface area contributed by atoms with E-state index >= 15 is 0 Å². The van der Waals surface area contributed by atoms with Crippen LogP contribution in [-0.2, 0) is 29.1 Å². The van der Waals surface area contributed by atoms with E-state index in [-0.39, 0.29) is 0 Å². The molecular formula is C18H30O6. The van der Waals surface area contributed by atoms with Crippen LogP contribution in [0.5, 0.6) is 0 Å². The highest BCUT2D eigenvalue weighted by molar-refractivity contribution is 5.68. The third-order valence-corrected chi connectivity index (χ3v) is 2.82. The molecule has 0 aliphatic carbocycles. The molecule has 0 aromatic heterocycles. The van der Waals surface area contributed by atoms with Gasteiger partial charge in [-0.05, 0) is 40.5 Å². The molecule has 0 radical (unpaired) electrons. The molecular weight excluding hydrogens is 312 g/mol. The summed E-state index contributed by atoms with van der Waals surface area (Å²) in [6.45, 7) is 10.6. The third kappa shape index (κ3) is 11.9. The molecule has 0 amide bonds. The first kappa shape index (κ1) is 22.4. The third-order valence-electron chi connectivity index (χ3n) is 2.82. The zero-order valence-corrected chi connectivity index (χ0v) is 15.7. The predicted molar refractivity (Wildman–Crippen MR) is 89.3 cm³/mol. The van der Waals surface area contributed by atoms with Crippen LogP contribution in [0.1, 0.15) is 80.1 Å². The molecule has 0 N–H and O–H groups in total. The maximum Gasteiger partial charge on any atom is 0.342 e. The van der Waals surface area contributed by atoms with Crippen molar-refractivity contribution >= 4 is 11.9 Å². The van der Waals surface area contributed by atoms with E-state index in [1.807, 2.05) is 13.8 Å². The first-order chi connectivity index (χ1) is 11.1. The van der Waals surface area contributed by atoms with Crippen molar-refractivity contribution in [3.63, 3.8) is 0 Å². The van der Waals surface area contributed by atoms with E-state index in [1.165, 1.54) is 0 Å². The maximum absolute atomic E-state index is 11.4. The van der Waals surface area contributed by atoms with Crippen LogP contribution < -0.4 is 0 Å². The molecule has 24 heavy (non-hydrogen) atoms. The summed E-state index contributed by atoms with van der Waals surface area (Å²) in [6, 6.07) is 0. The highest BCUT2D eigenvalue weighted by Gasteiger charge is 2.23. The van der Waals surface area contributed by atoms with Crippen molar-refractivity contribution in [2.75, 3.05) is 0 Å². The Bertz CT molecular complexity index is 416. The first-order valence-electron chi connectivity index (χ1n) is 8.43. The van der Waals surface area contributed by atoms with Crippen molar-refractivity contribution in [3.8, 4) is 11.8 Å². The molecule has 0 spiro atoms. The molecule has 0 atom stereocenters. The van der Waals surface area contributed by atoms with Crippen LogP contribution in [0.3, 0.4) is 0 Å². The van der Waals surface area contributed by atoms with Gasteiger partial charge in [-0.1, -0.05) is 38.5 Å². The van der Waals surface area contributed by atoms with E-state index < -0.39 is 23.1 Å². The second-order valence-corrected chi connectivity index (χ2v) is 6.56. The smallest absolute Gasteiger partial charge is 0.297 e. The molecule has 0 saturated heterocycles. The number of hydrogen-bond donors (Lipinski definition) is 0. The van der Waals surface area contributed by atoms with Crippen molar-refractivity contribution in [1.29, 1.82) is 0 Å². The summed E-state index contributed by atoms with van der Waals surface area (Å²) in [7, 11) is 0. The summed E-state index contributed by atoms with van der Waals surface area (Å²) >= 11 is 0. The fourth-order valence-electron chi connectivity index (χ4n) is 1.37. The van der Waals surface area contributed by atoms with Crippen LogP contribution in [0.4, 0.5) is 0 Å². The molecule has 6 nitrogen and oxygen atoms in total. The SMILES string of the molecule is CCCCC(=O)OOC(C)(C)C#CC(C)(C)OOC(=O)CCCC. The van der Waals surface area contributed by atoms with Gasteiger partial charge < -0.3 is 0 Å². The van der Waals surface area contributed by atoms with Crippen molar-refractivity contribution in [1.82, 2.24) is 0 Å². The highest BCUT2D eigenvalue weighted by atomic mass is 17.2. The van der Waals surface area contributed by atoms with Crippen LogP contribution >= 0.6 is 0 Å². The van der Waals surface area contributed by atoms with Gasteiger partial charge in [-0.2, -0.15) is 9.78 Å². The van der Waals surface area contributed by atoms with Gasteiger partial charge in [0.25, 0.3) is 0 Å². The Kier molecular flexibility index (Phi) is 10.3. The molecule has 0 aliphatic rings. The van der Waals surface area contributed by atoms with Crippen LogP contribution in [0.25, 0.3) is 0 Å². The molecule has 0 unspecified atom stereocenters. The van der Waals surface area contributed by atoms with Crippen LogP contribution in [0.2, 0.25) is 0 Å². The minimum Gasteiger partial charge on any atom is -0.297 e. The first-order valence-corrected chi connectivity index (χ1v) is 8.43. The van der Waals surface area contributed by atoms with E-state index in [2.05, 4.69) is 11.8 Å². The average Bonchev–Trinajstić information content (AvgIpc) is 2.53. The summed E-state index contributed by atoms with van der Waals surface area (Å²) in [5.74, 6) is 4.78. The molecule has 0 aromatic carbocycles. The normalized spacial score (nSPS) is 11.4. The van der Waals surface area contributed by atoms with Gasteiger partial charge in [0.1, 0.15) is 0 Å². The van der Waals surface area contributed by atoms with Crippen molar-refractivity contribution < 1.29 is 29.1 Å². The Morgan fingerprint density at radius 3 is 1.38 bits per heavy atom. The maximum atomic E-state index is 11.4. The van der Waals surface area contributed by atoms with E-state index in [1.54, 1.807) is 27.7 Å². The van der Waals surface area contributed by atoms with Crippen LogP contribution in [0.15, 0.2) is 0 Å². The minimum absolute atomic E-state index is 0.308. The molecule has 0 aromatic rings. The summed E-state index contributed by atoms with van der Waals surface area (Å²) in [5, 5.41) is 0. The fourth-order valence-corrected chi connectivity index (χ4v) is 1.37. The second-order valence-electron chi connectivity index (χ2n) is 6.56. The standard InChI is InChI=1S/C18H30O6/c1-7-9-11-15(19)21-23-17(3,4)13-14-18(5,6)24-22-16(20)12-10-8-2/h7-12H2,1-6H3. The number of carbonyl (C=O) groups is 2. The Hall–Kier alpha value is -1.58. The lowest BCUT2D eigenvalue weighted by Crippen LogP contribution is -2.28. The minimum atomic E-state index is -1.01. The largest absolute Gasteiger partial charge is 0.342 e. The zero-order chi connectivity index (χ0) is 18.6. The summed E-state index contributed by atoms with van der Waals surface area (Å²) in [5.41, 5.74) is -2.01. The van der Waals surface area contributed by atoms with Gasteiger partial charge in [0.15, 0.2) is 11.2 Å². The summed E-state index contributed by atoms with van der Waals surface area (Å²) in [4.78, 5) is 42.5. The molecule has 0 bridgehead atoms. The molecule has 0 aliphatic heterocycles. The molecule has 6 heteroatoms. The second kappa shape index (κ2) is 11.1. The van der Waals surface area contributed by atoms with Gasteiger partial charge in [0.2, 0.25) is 0 Å². The number of carbonyl (C=O) groups excluding carboxylic acids is 2. The van der Waals surface area contributed by atoms with E-state index in [0.717, 1.165) is 25.7 Å². The average molecular weight is 342 g/mol. The number of hydrogen-bond acceptors (Lipinski definition) is 6. The summed E-state index contributed by atoms with van der Waals surface area (Å²) < 4.78 is 0. The topological polar surface area (TPSA) is 71.1 Å². The number of unbranched alkanes of at least 4 members (excludes halogenated alkanes) is 2. The molecule has 0 rings (SSSR count). The lowest BCUT2D eigenvalue weighted by molar-refractivity contribution is -0.313. The highest BCUT2D eigenvalue weighted by Crippen LogP contribution is 2.14. The Balaban J connectivity index is 4.41. The molecule has 138 valence electrons. The van der Waals surface area contributed by atoms with Crippen molar-refractivity contribution in [2.45, 2.75) is 91.3 Å². The van der Waals surface area contributed by atoms with Crippen molar-refractivity contribution in [2.24, 2.45) is 0 Å².